The number of likely N-dealkylation sites (tertiary alicyclic amines) is 1. The van der Waals surface area contributed by atoms with Crippen molar-refractivity contribution in [2.45, 2.75) is 88.4 Å². The molecule has 6 fully saturated rings. The fraction of sp³-hybridized carbons (Fsp3) is 0.784. The van der Waals surface area contributed by atoms with Crippen molar-refractivity contribution >= 4 is 11.9 Å². The van der Waals surface area contributed by atoms with Gasteiger partial charge in [0, 0.05) is 48.3 Å². The molecule has 9 nitrogen and oxygen atoms in total. The van der Waals surface area contributed by atoms with Crippen LogP contribution in [0.1, 0.15) is 70.6 Å². The van der Waals surface area contributed by atoms with Gasteiger partial charge >= 0.3 is 0 Å². The number of aliphatic carboxylic acids is 1. The van der Waals surface area contributed by atoms with E-state index in [4.69, 9.17) is 10.5 Å². The minimum absolute atomic E-state index is 0.00766. The Hall–Kier alpha value is -2.04. The molecule has 2 heterocycles. The van der Waals surface area contributed by atoms with Crippen LogP contribution in [0.25, 0.3) is 0 Å². The zero-order chi connectivity index (χ0) is 31.8. The van der Waals surface area contributed by atoms with Gasteiger partial charge in [-0.25, -0.2) is 4.99 Å². The molecule has 8 rings (SSSR count). The van der Waals surface area contributed by atoms with Crippen LogP contribution in [0.2, 0.25) is 0 Å². The number of hydrogen-bond donors (Lipinski definition) is 5. The van der Waals surface area contributed by atoms with Crippen LogP contribution >= 0.6 is 0 Å². The predicted octanol–water partition coefficient (Wildman–Crippen LogP) is 0.728. The molecule has 1 unspecified atom stereocenters. The van der Waals surface area contributed by atoms with Crippen LogP contribution in [-0.2, 0) is 9.53 Å². The van der Waals surface area contributed by atoms with E-state index in [1.165, 1.54) is 4.90 Å². The topological polar surface area (TPSA) is 145 Å². The number of carboxylic acids is 1. The monoisotopic (exact) mass is 634 g/mol. The molecular formula is C37H54N4O5. The second kappa shape index (κ2) is 11.5. The Bertz CT molecular complexity index is 1360. The largest absolute Gasteiger partial charge is 0.545 e. The highest BCUT2D eigenvalue weighted by Gasteiger charge is 2.81. The number of carbonyl (C=O) groups excluding carboxylic acids is 1. The third-order valence-electron chi connectivity index (χ3n) is 14.9. The van der Waals surface area contributed by atoms with Gasteiger partial charge in [0.2, 0.25) is 0 Å². The summed E-state index contributed by atoms with van der Waals surface area (Å²) in [5, 5.41) is 40.3. The maximum Gasteiger partial charge on any atom is 0.293 e. The molecule has 0 amide bonds. The number of carboxylic acid groups (broad SMARTS) is 1. The van der Waals surface area contributed by atoms with Gasteiger partial charge in [0.05, 0.1) is 37.9 Å². The van der Waals surface area contributed by atoms with Crippen molar-refractivity contribution in [3.05, 3.63) is 35.5 Å². The van der Waals surface area contributed by atoms with Crippen molar-refractivity contribution < 1.29 is 29.8 Å². The summed E-state index contributed by atoms with van der Waals surface area (Å²) in [5.74, 6) is 1.25. The van der Waals surface area contributed by atoms with Gasteiger partial charge in [-0.05, 0) is 93.9 Å². The Morgan fingerprint density at radius 3 is 2.72 bits per heavy atom. The summed E-state index contributed by atoms with van der Waals surface area (Å²) in [6.45, 7) is 3.07. The molecule has 4 saturated carbocycles. The highest BCUT2D eigenvalue weighted by molar-refractivity contribution is 5.91. The molecular weight excluding hydrogens is 580 g/mol. The van der Waals surface area contributed by atoms with Crippen molar-refractivity contribution in [2.24, 2.45) is 63.0 Å². The lowest BCUT2D eigenvalue weighted by Crippen LogP contribution is -3.19. The quantitative estimate of drug-likeness (QED) is 0.165. The van der Waals surface area contributed by atoms with Crippen molar-refractivity contribution in [3.63, 3.8) is 0 Å². The summed E-state index contributed by atoms with van der Waals surface area (Å²) >= 11 is 0. The average Bonchev–Trinajstić information content (AvgIpc) is 3.37. The minimum Gasteiger partial charge on any atom is -0.545 e. The van der Waals surface area contributed by atoms with Crippen LogP contribution in [0, 0.1) is 52.3 Å². The van der Waals surface area contributed by atoms with Crippen molar-refractivity contribution in [1.29, 1.82) is 0 Å². The number of guanidine groups is 1. The van der Waals surface area contributed by atoms with Gasteiger partial charge in [-0.3, -0.25) is 4.90 Å². The number of aliphatic hydroxyl groups excluding tert-OH is 1. The fourth-order valence-corrected chi connectivity index (χ4v) is 13.6. The molecule has 8 aliphatic rings. The maximum atomic E-state index is 13.6. The summed E-state index contributed by atoms with van der Waals surface area (Å²) in [6, 6.07) is 0. The predicted molar refractivity (Wildman–Crippen MR) is 172 cm³/mol. The highest BCUT2D eigenvalue weighted by atomic mass is 16.5. The summed E-state index contributed by atoms with van der Waals surface area (Å²) in [6.07, 6.45) is 18.9. The van der Waals surface area contributed by atoms with Gasteiger partial charge in [-0.2, -0.15) is 0 Å². The number of allylic oxidation sites excluding steroid dienone is 4. The number of nitrogens with two attached hydrogens (primary N) is 1. The van der Waals surface area contributed by atoms with E-state index in [0.717, 1.165) is 83.0 Å². The summed E-state index contributed by atoms with van der Waals surface area (Å²) in [4.78, 5) is 19.2. The molecule has 0 aromatic rings. The van der Waals surface area contributed by atoms with Gasteiger partial charge < -0.3 is 35.9 Å². The first-order chi connectivity index (χ1) is 22.3. The van der Waals surface area contributed by atoms with Crippen molar-refractivity contribution in [2.75, 3.05) is 39.8 Å². The summed E-state index contributed by atoms with van der Waals surface area (Å²) in [7, 11) is 1.76. The molecule has 252 valence electrons. The molecule has 2 aliphatic heterocycles. The SMILES string of the molecule is CN=C(N)[NH+]1CC[C@@H](CNCCO)[C@@]2(C1)[C@@H]1CC[C@H]3CCC[C@@H]4[C@@](O)([C@@H]5CC[C@H]6CC[C@@H]7C=CC=C[C@@H]7[C@H]6O5)C(C(=O)[O-])=C(C1)[C@@]342. The Labute approximate surface area is 273 Å². The van der Waals surface area contributed by atoms with E-state index in [-0.39, 0.29) is 41.5 Å². The van der Waals surface area contributed by atoms with Crippen LogP contribution in [0.4, 0.5) is 0 Å². The van der Waals surface area contributed by atoms with Crippen LogP contribution in [0.15, 0.2) is 40.4 Å². The molecule has 6 N–H and O–H groups in total. The number of piperidine rings is 1. The lowest BCUT2D eigenvalue weighted by molar-refractivity contribution is -0.829. The number of fused-ring (bicyclic) bond motifs is 3. The molecule has 2 bridgehead atoms. The number of aliphatic hydroxyl groups is 2. The maximum absolute atomic E-state index is 13.6. The average molecular weight is 635 g/mol. The number of hydrogen-bond acceptors (Lipinski definition) is 7. The summed E-state index contributed by atoms with van der Waals surface area (Å²) < 4.78 is 7.13. The first-order valence-electron chi connectivity index (χ1n) is 18.4. The molecule has 0 aromatic carbocycles. The molecule has 46 heavy (non-hydrogen) atoms. The van der Waals surface area contributed by atoms with Gasteiger partial charge in [0.1, 0.15) is 5.60 Å². The molecule has 9 heteroatoms. The lowest BCUT2D eigenvalue weighted by atomic mass is 9.39. The van der Waals surface area contributed by atoms with E-state index in [1.54, 1.807) is 7.05 Å². The number of ether oxygens (including phenoxy) is 1. The fourth-order valence-electron chi connectivity index (χ4n) is 13.6. The Balaban J connectivity index is 1.27. The van der Waals surface area contributed by atoms with E-state index in [0.29, 0.717) is 49.0 Å². The van der Waals surface area contributed by atoms with Crippen LogP contribution in [0.5, 0.6) is 0 Å². The number of quaternary nitrogens is 1. The second-order valence-corrected chi connectivity index (χ2v) is 16.1. The van der Waals surface area contributed by atoms with E-state index in [2.05, 4.69) is 34.6 Å². The Kier molecular flexibility index (Phi) is 7.84. The Morgan fingerprint density at radius 1 is 1.11 bits per heavy atom. The van der Waals surface area contributed by atoms with Gasteiger partial charge in [0.25, 0.3) is 5.96 Å². The number of nitrogens with zero attached hydrogens (tertiary/aromatic N) is 1. The van der Waals surface area contributed by atoms with E-state index >= 15 is 0 Å². The molecule has 0 radical (unpaired) electrons. The van der Waals surface area contributed by atoms with E-state index < -0.39 is 23.1 Å². The normalized spacial score (nSPS) is 49.2. The molecule has 2 saturated heterocycles. The van der Waals surface area contributed by atoms with Crippen molar-refractivity contribution in [1.82, 2.24) is 5.32 Å². The zero-order valence-corrected chi connectivity index (χ0v) is 27.5. The van der Waals surface area contributed by atoms with Crippen molar-refractivity contribution in [3.8, 4) is 0 Å². The number of carbonyl (C=O) groups is 1. The smallest absolute Gasteiger partial charge is 0.293 e. The molecule has 2 spiro atoms. The molecule has 13 atom stereocenters. The highest BCUT2D eigenvalue weighted by Crippen LogP contribution is 2.81. The first kappa shape index (κ1) is 31.2. The first-order valence-corrected chi connectivity index (χ1v) is 18.4. The Morgan fingerprint density at radius 2 is 1.91 bits per heavy atom. The zero-order valence-electron chi connectivity index (χ0n) is 27.5. The second-order valence-electron chi connectivity index (χ2n) is 16.1. The van der Waals surface area contributed by atoms with E-state index in [9.17, 15) is 20.1 Å². The summed E-state index contributed by atoms with van der Waals surface area (Å²) in [5.41, 5.74) is 5.53. The molecule has 0 aromatic heterocycles. The van der Waals surface area contributed by atoms with Gasteiger partial charge in [-0.15, -0.1) is 0 Å². The minimum atomic E-state index is -1.58. The number of rotatable bonds is 6. The van der Waals surface area contributed by atoms with Crippen LogP contribution in [-0.4, -0.2) is 79.8 Å². The van der Waals surface area contributed by atoms with E-state index in [1.807, 2.05) is 0 Å². The van der Waals surface area contributed by atoms with Gasteiger partial charge in [0.15, 0.2) is 0 Å². The lowest BCUT2D eigenvalue weighted by Gasteiger charge is -2.65. The van der Waals surface area contributed by atoms with Crippen LogP contribution in [0.3, 0.4) is 0 Å². The number of aliphatic imine (C=N–C) groups is 1. The van der Waals surface area contributed by atoms with Crippen LogP contribution < -0.4 is 21.1 Å². The standard InChI is InChI=1S/C37H54N4O5/c1-39-34(38)41-17-15-26(20-40-16-18-42)35(21-41)25-13-12-24-6-4-8-29-36(24,35)28(19-25)31(33(43)44)37(29,45)30-14-11-23-10-9-22-5-2-3-7-27(22)32(23)46-30/h2-3,5,7,22-27,29-30,32,40,42,45H,4,6,8-21H2,1H3,(H2,38,39)(H,43,44)/t22-,23+,24+,25+,26-,27-,29-,30-,32-,35+,36-,37+/m0/s1. The third kappa shape index (κ3) is 4.04. The third-order valence-corrected chi connectivity index (χ3v) is 14.9. The molecule has 6 aliphatic carbocycles. The number of nitrogens with one attached hydrogen (secondary N) is 2. The van der Waals surface area contributed by atoms with Gasteiger partial charge in [-0.1, -0.05) is 36.3 Å².